The third kappa shape index (κ3) is 7.60. The predicted octanol–water partition coefficient (Wildman–Crippen LogP) is 3.17. The van der Waals surface area contributed by atoms with Crippen LogP contribution in [0.25, 0.3) is 11.1 Å². The molecule has 39 heavy (non-hydrogen) atoms. The van der Waals surface area contributed by atoms with Crippen LogP contribution in [0.4, 0.5) is 0 Å². The van der Waals surface area contributed by atoms with Gasteiger partial charge in [0.05, 0.1) is 31.7 Å². The molecule has 4 aromatic rings. The third-order valence-corrected chi connectivity index (χ3v) is 6.11. The van der Waals surface area contributed by atoms with Crippen molar-refractivity contribution in [3.8, 4) is 39.9 Å². The standard InChI is InChI=1S/C31H32O7.Na/c1-3-9-23-27(12-7-13-28(23)38-29-11-6-5-10-24(29)31(33)34)36-15-8-16-37-30-19-26(32)25(18-21(30)4-2)22-14-17-35-20-22;/h5-7,10-14,17-20,32H,3-4,8-9,15-16H2,1-2H3,(H,33,34);/q;+1/p-1. The number of ether oxygens (including phenoxy) is 3. The number of phenolic OH excluding ortho intramolecular Hbond substituents is 1. The number of hydrogen-bond donors (Lipinski definition) is 1. The summed E-state index contributed by atoms with van der Waals surface area (Å²) in [7, 11) is 0. The van der Waals surface area contributed by atoms with Crippen LogP contribution in [0.15, 0.2) is 77.6 Å². The van der Waals surface area contributed by atoms with Gasteiger partial charge in [0, 0.05) is 34.7 Å². The van der Waals surface area contributed by atoms with Crippen molar-refractivity contribution in [2.24, 2.45) is 0 Å². The summed E-state index contributed by atoms with van der Waals surface area (Å²) in [5, 5.41) is 22.0. The number of hydrogen-bond acceptors (Lipinski definition) is 7. The molecule has 3 aromatic carbocycles. The van der Waals surface area contributed by atoms with Crippen molar-refractivity contribution >= 4 is 5.97 Å². The number of carboxylic acids is 1. The number of aromatic hydroxyl groups is 1. The molecule has 198 valence electrons. The van der Waals surface area contributed by atoms with Crippen LogP contribution < -0.4 is 48.9 Å². The number of carbonyl (C=O) groups is 1. The normalized spacial score (nSPS) is 10.5. The van der Waals surface area contributed by atoms with Crippen molar-refractivity contribution < 1.29 is 63.2 Å². The molecule has 0 amide bonds. The van der Waals surface area contributed by atoms with Crippen molar-refractivity contribution in [3.63, 3.8) is 0 Å². The molecule has 1 heterocycles. The zero-order valence-corrected chi connectivity index (χ0v) is 24.6. The first kappa shape index (κ1) is 30.2. The van der Waals surface area contributed by atoms with Gasteiger partial charge in [-0.2, -0.15) is 0 Å². The van der Waals surface area contributed by atoms with Crippen LogP contribution in [-0.4, -0.2) is 24.3 Å². The molecule has 0 atom stereocenters. The van der Waals surface area contributed by atoms with E-state index in [1.165, 1.54) is 6.07 Å². The topological polar surface area (TPSA) is 101 Å². The van der Waals surface area contributed by atoms with E-state index in [9.17, 15) is 15.0 Å². The number of rotatable bonds is 13. The minimum atomic E-state index is -1.29. The maximum atomic E-state index is 11.5. The SMILES string of the molecule is CCCc1c(OCCCOc2cc(O)c(-c3ccoc3)cc2CC)cccc1Oc1ccccc1C(=O)[O-].[Na+]. The number of phenols is 1. The zero-order valence-electron chi connectivity index (χ0n) is 22.6. The van der Waals surface area contributed by atoms with Crippen molar-refractivity contribution in [2.45, 2.75) is 39.5 Å². The molecule has 4 rings (SSSR count). The quantitative estimate of drug-likeness (QED) is 0.206. The number of para-hydroxylation sites is 1. The van der Waals surface area contributed by atoms with Crippen LogP contribution in [0.2, 0.25) is 0 Å². The molecule has 0 bridgehead atoms. The summed E-state index contributed by atoms with van der Waals surface area (Å²) in [6, 6.07) is 17.3. The summed E-state index contributed by atoms with van der Waals surface area (Å²) in [5.41, 5.74) is 3.38. The first-order valence-electron chi connectivity index (χ1n) is 12.8. The van der Waals surface area contributed by atoms with Gasteiger partial charge in [-0.1, -0.05) is 38.5 Å². The average molecular weight is 539 g/mol. The molecule has 0 unspecified atom stereocenters. The predicted molar refractivity (Wildman–Crippen MR) is 142 cm³/mol. The van der Waals surface area contributed by atoms with Gasteiger partial charge in [-0.05, 0) is 54.8 Å². The molecule has 0 aliphatic carbocycles. The molecule has 0 saturated carbocycles. The molecule has 1 N–H and O–H groups in total. The van der Waals surface area contributed by atoms with Gasteiger partial charge < -0.3 is 33.6 Å². The number of carboxylic acid groups (broad SMARTS) is 1. The fourth-order valence-corrected chi connectivity index (χ4v) is 4.21. The van der Waals surface area contributed by atoms with Gasteiger partial charge in [0.15, 0.2) is 0 Å². The second-order valence-electron chi connectivity index (χ2n) is 8.76. The minimum Gasteiger partial charge on any atom is -0.545 e. The molecule has 0 saturated heterocycles. The van der Waals surface area contributed by atoms with E-state index in [2.05, 4.69) is 6.92 Å². The number of aryl methyl sites for hydroxylation is 1. The average Bonchev–Trinajstić information content (AvgIpc) is 3.45. The Morgan fingerprint density at radius 3 is 2.33 bits per heavy atom. The fourth-order valence-electron chi connectivity index (χ4n) is 4.21. The van der Waals surface area contributed by atoms with Gasteiger partial charge in [0.25, 0.3) is 0 Å². The Morgan fingerprint density at radius 1 is 0.923 bits per heavy atom. The van der Waals surface area contributed by atoms with E-state index in [0.29, 0.717) is 48.9 Å². The molecule has 0 aliphatic heterocycles. The van der Waals surface area contributed by atoms with Crippen LogP contribution in [0.3, 0.4) is 0 Å². The second kappa shape index (κ2) is 14.7. The molecule has 7 nitrogen and oxygen atoms in total. The van der Waals surface area contributed by atoms with Gasteiger partial charge in [0.2, 0.25) is 0 Å². The van der Waals surface area contributed by atoms with Crippen molar-refractivity contribution in [1.29, 1.82) is 0 Å². The first-order valence-corrected chi connectivity index (χ1v) is 12.8. The van der Waals surface area contributed by atoms with Crippen LogP contribution in [0.1, 0.15) is 48.2 Å². The second-order valence-corrected chi connectivity index (χ2v) is 8.76. The summed E-state index contributed by atoms with van der Waals surface area (Å²) in [4.78, 5) is 11.5. The van der Waals surface area contributed by atoms with E-state index in [-0.39, 0.29) is 46.6 Å². The molecule has 0 fully saturated rings. The number of aromatic carboxylic acids is 1. The van der Waals surface area contributed by atoms with E-state index >= 15 is 0 Å². The van der Waals surface area contributed by atoms with E-state index in [1.807, 2.05) is 25.1 Å². The van der Waals surface area contributed by atoms with Gasteiger partial charge in [-0.3, -0.25) is 0 Å². The molecule has 0 radical (unpaired) electrons. The largest absolute Gasteiger partial charge is 1.00 e. The Balaban J connectivity index is 0.00000420. The number of carbonyl (C=O) groups excluding carboxylic acids is 1. The Bertz CT molecular complexity index is 1370. The molecule has 1 aromatic heterocycles. The van der Waals surface area contributed by atoms with E-state index in [1.54, 1.807) is 48.9 Å². The Morgan fingerprint density at radius 2 is 1.64 bits per heavy atom. The van der Waals surface area contributed by atoms with E-state index in [4.69, 9.17) is 18.6 Å². The molecule has 8 heteroatoms. The Kier molecular flexibility index (Phi) is 11.3. The summed E-state index contributed by atoms with van der Waals surface area (Å²) in [6.07, 6.45) is 6.12. The van der Waals surface area contributed by atoms with Crippen LogP contribution >= 0.6 is 0 Å². The van der Waals surface area contributed by atoms with Gasteiger partial charge in [0.1, 0.15) is 28.7 Å². The number of benzene rings is 3. The molecule has 0 aliphatic rings. The summed E-state index contributed by atoms with van der Waals surface area (Å²) >= 11 is 0. The van der Waals surface area contributed by atoms with Crippen molar-refractivity contribution in [3.05, 3.63) is 89.9 Å². The molecular weight excluding hydrogens is 507 g/mol. The minimum absolute atomic E-state index is 0. The molecular formula is C31H31NaO7. The number of furan rings is 1. The third-order valence-electron chi connectivity index (χ3n) is 6.11. The maximum Gasteiger partial charge on any atom is 1.00 e. The van der Waals surface area contributed by atoms with Crippen molar-refractivity contribution in [2.75, 3.05) is 13.2 Å². The molecule has 0 spiro atoms. The monoisotopic (exact) mass is 538 g/mol. The van der Waals surface area contributed by atoms with E-state index < -0.39 is 5.97 Å². The van der Waals surface area contributed by atoms with Crippen LogP contribution in [0.5, 0.6) is 28.7 Å². The van der Waals surface area contributed by atoms with Crippen LogP contribution in [-0.2, 0) is 12.8 Å². The van der Waals surface area contributed by atoms with Crippen molar-refractivity contribution in [1.82, 2.24) is 0 Å². The fraction of sp³-hybridized carbons (Fsp3) is 0.258. The first-order chi connectivity index (χ1) is 18.5. The van der Waals surface area contributed by atoms with Gasteiger partial charge >= 0.3 is 29.6 Å². The summed E-state index contributed by atoms with van der Waals surface area (Å²) in [6.45, 7) is 4.92. The zero-order chi connectivity index (χ0) is 26.9. The van der Waals surface area contributed by atoms with Crippen LogP contribution in [0, 0.1) is 0 Å². The van der Waals surface area contributed by atoms with Gasteiger partial charge in [-0.15, -0.1) is 0 Å². The van der Waals surface area contributed by atoms with E-state index in [0.717, 1.165) is 29.5 Å². The van der Waals surface area contributed by atoms with Gasteiger partial charge in [-0.25, -0.2) is 0 Å². The summed E-state index contributed by atoms with van der Waals surface area (Å²) in [5.74, 6) is 0.952. The Labute approximate surface area is 250 Å². The maximum absolute atomic E-state index is 11.5. The summed E-state index contributed by atoms with van der Waals surface area (Å²) < 4.78 is 23.2. The Hall–Kier alpha value is -3.39. The smallest absolute Gasteiger partial charge is 0.545 e.